The van der Waals surface area contributed by atoms with Gasteiger partial charge in [-0.1, -0.05) is 18.2 Å². The third-order valence-corrected chi connectivity index (χ3v) is 2.95. The summed E-state index contributed by atoms with van der Waals surface area (Å²) in [5.74, 6) is -0.850. The van der Waals surface area contributed by atoms with E-state index in [0.717, 1.165) is 0 Å². The van der Waals surface area contributed by atoms with Crippen LogP contribution in [0.25, 0.3) is 0 Å². The van der Waals surface area contributed by atoms with E-state index in [1.807, 2.05) is 6.92 Å². The summed E-state index contributed by atoms with van der Waals surface area (Å²) < 4.78 is 18.4. The van der Waals surface area contributed by atoms with Gasteiger partial charge in [0.25, 0.3) is 5.91 Å². The molecule has 2 aromatic rings. The average Bonchev–Trinajstić information content (AvgIpc) is 2.53. The number of nitrogens with one attached hydrogen (secondary N) is 2. The van der Waals surface area contributed by atoms with Crippen LogP contribution < -0.4 is 15.4 Å². The highest BCUT2D eigenvalue weighted by Crippen LogP contribution is 2.17. The van der Waals surface area contributed by atoms with Gasteiger partial charge in [0.05, 0.1) is 18.7 Å². The van der Waals surface area contributed by atoms with Gasteiger partial charge in [0.2, 0.25) is 5.91 Å². The van der Waals surface area contributed by atoms with E-state index in [0.29, 0.717) is 23.6 Å². The monoisotopic (exact) mass is 316 g/mol. The molecule has 0 bridgehead atoms. The summed E-state index contributed by atoms with van der Waals surface area (Å²) in [7, 11) is 0. The zero-order valence-electron chi connectivity index (χ0n) is 12.6. The zero-order valence-corrected chi connectivity index (χ0v) is 12.6. The Hall–Kier alpha value is -2.89. The lowest BCUT2D eigenvalue weighted by Crippen LogP contribution is -2.33. The summed E-state index contributed by atoms with van der Waals surface area (Å²) in [4.78, 5) is 23.9. The average molecular weight is 316 g/mol. The fourth-order valence-electron chi connectivity index (χ4n) is 1.96. The summed E-state index contributed by atoms with van der Waals surface area (Å²) in [6.07, 6.45) is 0. The quantitative estimate of drug-likeness (QED) is 0.861. The van der Waals surface area contributed by atoms with Crippen LogP contribution in [0.3, 0.4) is 0 Å². The molecule has 2 aromatic carbocycles. The van der Waals surface area contributed by atoms with Crippen LogP contribution in [0.15, 0.2) is 48.5 Å². The Labute approximate surface area is 133 Å². The van der Waals surface area contributed by atoms with Gasteiger partial charge in [0.15, 0.2) is 0 Å². The summed E-state index contributed by atoms with van der Waals surface area (Å²) in [6, 6.07) is 12.3. The maximum absolute atomic E-state index is 13.0. The number of amides is 2. The number of rotatable bonds is 6. The number of halogens is 1. The number of carbonyl (C=O) groups excluding carboxylic acids is 2. The van der Waals surface area contributed by atoms with E-state index in [1.54, 1.807) is 30.3 Å². The molecular weight excluding hydrogens is 299 g/mol. The molecular formula is C17H17FN2O3. The van der Waals surface area contributed by atoms with Gasteiger partial charge in [0.1, 0.15) is 11.6 Å². The SMILES string of the molecule is CCOc1ccccc1C(=O)NCC(=O)Nc1cccc(F)c1. The molecule has 0 aliphatic heterocycles. The molecule has 0 fully saturated rings. The normalized spacial score (nSPS) is 10.0. The molecule has 2 rings (SSSR count). The Morgan fingerprint density at radius 3 is 2.65 bits per heavy atom. The zero-order chi connectivity index (χ0) is 16.7. The van der Waals surface area contributed by atoms with Crippen LogP contribution in [-0.4, -0.2) is 25.0 Å². The third-order valence-electron chi connectivity index (χ3n) is 2.95. The van der Waals surface area contributed by atoms with E-state index in [4.69, 9.17) is 4.74 Å². The van der Waals surface area contributed by atoms with E-state index in [2.05, 4.69) is 10.6 Å². The first kappa shape index (κ1) is 16.5. The summed E-state index contributed by atoms with van der Waals surface area (Å²) >= 11 is 0. The van der Waals surface area contributed by atoms with Crippen molar-refractivity contribution in [1.29, 1.82) is 0 Å². The number of hydrogen-bond acceptors (Lipinski definition) is 3. The van der Waals surface area contributed by atoms with Crippen LogP contribution in [-0.2, 0) is 4.79 Å². The topological polar surface area (TPSA) is 67.4 Å². The van der Waals surface area contributed by atoms with Gasteiger partial charge in [-0.25, -0.2) is 4.39 Å². The van der Waals surface area contributed by atoms with E-state index >= 15 is 0 Å². The molecule has 6 heteroatoms. The molecule has 0 saturated carbocycles. The standard InChI is InChI=1S/C17H17FN2O3/c1-2-23-15-9-4-3-8-14(15)17(22)19-11-16(21)20-13-7-5-6-12(18)10-13/h3-10H,2,11H2,1H3,(H,19,22)(H,20,21). The molecule has 0 atom stereocenters. The summed E-state index contributed by atoms with van der Waals surface area (Å²) in [5, 5.41) is 5.01. The summed E-state index contributed by atoms with van der Waals surface area (Å²) in [6.45, 7) is 2.03. The van der Waals surface area contributed by atoms with Crippen molar-refractivity contribution in [3.63, 3.8) is 0 Å². The maximum Gasteiger partial charge on any atom is 0.255 e. The van der Waals surface area contributed by atoms with Crippen LogP contribution in [0, 0.1) is 5.82 Å². The molecule has 0 aromatic heterocycles. The molecule has 0 unspecified atom stereocenters. The number of hydrogen-bond donors (Lipinski definition) is 2. The van der Waals surface area contributed by atoms with Crippen molar-refractivity contribution >= 4 is 17.5 Å². The molecule has 2 N–H and O–H groups in total. The first-order valence-electron chi connectivity index (χ1n) is 7.15. The Bertz CT molecular complexity index is 704. The number of carbonyl (C=O) groups is 2. The van der Waals surface area contributed by atoms with Crippen LogP contribution >= 0.6 is 0 Å². The highest BCUT2D eigenvalue weighted by molar-refractivity contribution is 6.00. The third kappa shape index (κ3) is 4.81. The lowest BCUT2D eigenvalue weighted by molar-refractivity contribution is -0.115. The smallest absolute Gasteiger partial charge is 0.255 e. The van der Waals surface area contributed by atoms with Crippen molar-refractivity contribution in [2.75, 3.05) is 18.5 Å². The number of benzene rings is 2. The second kappa shape index (κ2) is 7.93. The van der Waals surface area contributed by atoms with Crippen LogP contribution in [0.1, 0.15) is 17.3 Å². The second-order valence-corrected chi connectivity index (χ2v) is 4.67. The fourth-order valence-corrected chi connectivity index (χ4v) is 1.96. The molecule has 120 valence electrons. The molecule has 5 nitrogen and oxygen atoms in total. The first-order valence-corrected chi connectivity index (χ1v) is 7.15. The Morgan fingerprint density at radius 2 is 1.91 bits per heavy atom. The van der Waals surface area contributed by atoms with Crippen molar-refractivity contribution in [1.82, 2.24) is 5.32 Å². The van der Waals surface area contributed by atoms with Crippen molar-refractivity contribution in [3.05, 3.63) is 59.9 Å². The number of ether oxygens (including phenoxy) is 1. The number of anilines is 1. The Balaban J connectivity index is 1.92. The molecule has 0 spiro atoms. The van der Waals surface area contributed by atoms with Gasteiger partial charge >= 0.3 is 0 Å². The second-order valence-electron chi connectivity index (χ2n) is 4.67. The lowest BCUT2D eigenvalue weighted by atomic mass is 10.2. The van der Waals surface area contributed by atoms with Gasteiger partial charge in [-0.3, -0.25) is 9.59 Å². The van der Waals surface area contributed by atoms with Gasteiger partial charge in [-0.05, 0) is 37.3 Å². The molecule has 0 aliphatic rings. The fraction of sp³-hybridized carbons (Fsp3) is 0.176. The van der Waals surface area contributed by atoms with Crippen LogP contribution in [0.2, 0.25) is 0 Å². The van der Waals surface area contributed by atoms with Gasteiger partial charge in [-0.2, -0.15) is 0 Å². The molecule has 0 saturated heterocycles. The van der Waals surface area contributed by atoms with Crippen molar-refractivity contribution in [3.8, 4) is 5.75 Å². The molecule has 0 heterocycles. The van der Waals surface area contributed by atoms with Crippen molar-refractivity contribution < 1.29 is 18.7 Å². The highest BCUT2D eigenvalue weighted by atomic mass is 19.1. The predicted molar refractivity (Wildman–Crippen MR) is 85.0 cm³/mol. The van der Waals surface area contributed by atoms with Crippen LogP contribution in [0.5, 0.6) is 5.75 Å². The minimum absolute atomic E-state index is 0.226. The number of para-hydroxylation sites is 1. The van der Waals surface area contributed by atoms with E-state index in [9.17, 15) is 14.0 Å². The maximum atomic E-state index is 13.0. The predicted octanol–water partition coefficient (Wildman–Crippen LogP) is 2.59. The Kier molecular flexibility index (Phi) is 5.68. The van der Waals surface area contributed by atoms with Gasteiger partial charge in [-0.15, -0.1) is 0 Å². The minimum atomic E-state index is -0.447. The van der Waals surface area contributed by atoms with E-state index in [-0.39, 0.29) is 6.54 Å². The molecule has 2 amide bonds. The van der Waals surface area contributed by atoms with Crippen molar-refractivity contribution in [2.45, 2.75) is 6.92 Å². The van der Waals surface area contributed by atoms with Crippen LogP contribution in [0.4, 0.5) is 10.1 Å². The van der Waals surface area contributed by atoms with Gasteiger partial charge in [0, 0.05) is 5.69 Å². The highest BCUT2D eigenvalue weighted by Gasteiger charge is 2.13. The Morgan fingerprint density at radius 1 is 1.13 bits per heavy atom. The van der Waals surface area contributed by atoms with Gasteiger partial charge < -0.3 is 15.4 Å². The molecule has 0 radical (unpaired) electrons. The first-order chi connectivity index (χ1) is 11.1. The lowest BCUT2D eigenvalue weighted by Gasteiger charge is -2.10. The summed E-state index contributed by atoms with van der Waals surface area (Å²) in [5.41, 5.74) is 0.687. The molecule has 0 aliphatic carbocycles. The van der Waals surface area contributed by atoms with E-state index in [1.165, 1.54) is 18.2 Å². The van der Waals surface area contributed by atoms with E-state index < -0.39 is 17.6 Å². The largest absolute Gasteiger partial charge is 0.493 e. The molecule has 23 heavy (non-hydrogen) atoms. The van der Waals surface area contributed by atoms with Crippen molar-refractivity contribution in [2.24, 2.45) is 0 Å². The minimum Gasteiger partial charge on any atom is -0.493 e.